The van der Waals surface area contributed by atoms with E-state index in [4.69, 9.17) is 44.9 Å². The third kappa shape index (κ3) is 16.8. The lowest BCUT2D eigenvalue weighted by molar-refractivity contribution is -0.138. The van der Waals surface area contributed by atoms with Gasteiger partial charge in [-0.25, -0.2) is 9.59 Å². The Labute approximate surface area is 215 Å². The van der Waals surface area contributed by atoms with Crippen molar-refractivity contribution in [2.75, 3.05) is 0 Å². The highest BCUT2D eigenvalue weighted by Gasteiger charge is 2.19. The second kappa shape index (κ2) is 20.8. The summed E-state index contributed by atoms with van der Waals surface area (Å²) in [6.45, 7) is 13.4. The van der Waals surface area contributed by atoms with Crippen LogP contribution in [0.25, 0.3) is 0 Å². The molecule has 0 rings (SSSR count). The molecule has 0 aromatic carbocycles. The second-order valence-corrected chi connectivity index (χ2v) is 9.24. The van der Waals surface area contributed by atoms with Gasteiger partial charge in [0.1, 0.15) is 31.2 Å². The minimum Gasteiger partial charge on any atom is -0.480 e. The van der Waals surface area contributed by atoms with Gasteiger partial charge in [0.25, 0.3) is 0 Å². The van der Waals surface area contributed by atoms with Crippen LogP contribution in [-0.2, 0) is 19.2 Å². The number of carbonyl (C=O) groups is 4. The van der Waals surface area contributed by atoms with Gasteiger partial charge in [0.2, 0.25) is 0 Å². The van der Waals surface area contributed by atoms with E-state index >= 15 is 0 Å². The normalized spacial score (nSPS) is 12.5. The zero-order chi connectivity index (χ0) is 25.4. The number of hydrogen-bond acceptors (Lipinski definition) is 8. The summed E-state index contributed by atoms with van der Waals surface area (Å²) in [5, 5.41) is 38.1. The van der Waals surface area contributed by atoms with Gasteiger partial charge in [-0.2, -0.15) is 0 Å². The first-order valence-corrected chi connectivity index (χ1v) is 11.0. The Morgan fingerprint density at radius 1 is 0.618 bits per heavy atom. The van der Waals surface area contributed by atoms with E-state index in [1.807, 2.05) is 0 Å². The molecule has 0 heterocycles. The largest absolute Gasteiger partial charge is 0.480 e. The molecule has 0 fully saturated rings. The van der Waals surface area contributed by atoms with Crippen LogP contribution in [0.2, 0.25) is 0 Å². The quantitative estimate of drug-likeness (QED) is 0.0927. The fourth-order valence-electron chi connectivity index (χ4n) is 1.45. The van der Waals surface area contributed by atoms with Gasteiger partial charge >= 0.3 is 23.9 Å². The van der Waals surface area contributed by atoms with Crippen LogP contribution < -0.4 is 22.9 Å². The van der Waals surface area contributed by atoms with Crippen LogP contribution in [0.5, 0.6) is 0 Å². The number of thiol groups is 2. The van der Waals surface area contributed by atoms with Crippen LogP contribution in [0.15, 0.2) is 50.6 Å². The smallest absolute Gasteiger partial charge is 0.330 e. The molecule has 0 spiro atoms. The van der Waals surface area contributed by atoms with E-state index in [0.717, 1.165) is 0 Å². The van der Waals surface area contributed by atoms with Gasteiger partial charge in [-0.1, -0.05) is 48.7 Å². The molecule has 12 nitrogen and oxygen atoms in total. The van der Waals surface area contributed by atoms with Gasteiger partial charge in [-0.05, 0) is 0 Å². The zero-order valence-corrected chi connectivity index (χ0v) is 21.4. The molecule has 4 atom stereocenters. The Hall–Kier alpha value is -2.76. The van der Waals surface area contributed by atoms with Crippen LogP contribution in [0.3, 0.4) is 0 Å². The molecule has 12 N–H and O–H groups in total. The average molecular weight is 559 g/mol. The lowest BCUT2D eigenvalue weighted by Gasteiger charge is -2.15. The van der Waals surface area contributed by atoms with E-state index < -0.39 is 46.5 Å². The van der Waals surface area contributed by atoms with Crippen LogP contribution in [0, 0.1) is 0 Å². The second-order valence-electron chi connectivity index (χ2n) is 5.30. The lowest BCUT2D eigenvalue weighted by atomic mass is 10.3. The van der Waals surface area contributed by atoms with Crippen LogP contribution in [0.4, 0.5) is 0 Å². The summed E-state index contributed by atoms with van der Waals surface area (Å²) in [5.74, 6) is -4.38. The van der Waals surface area contributed by atoms with E-state index in [2.05, 4.69) is 36.9 Å². The van der Waals surface area contributed by atoms with E-state index in [1.54, 1.807) is 0 Å². The van der Waals surface area contributed by atoms with Crippen molar-refractivity contribution in [3.8, 4) is 0 Å². The van der Waals surface area contributed by atoms with E-state index in [1.165, 1.54) is 24.3 Å². The molecule has 16 heteroatoms. The van der Waals surface area contributed by atoms with Crippen molar-refractivity contribution in [1.29, 1.82) is 0 Å². The summed E-state index contributed by atoms with van der Waals surface area (Å²) in [5.41, 5.74) is 0. The monoisotopic (exact) mass is 558 g/mol. The van der Waals surface area contributed by atoms with Crippen LogP contribution >= 0.6 is 48.0 Å². The third-order valence-electron chi connectivity index (χ3n) is 3.03. The molecule has 34 heavy (non-hydrogen) atoms. The molecule has 194 valence electrons. The number of thiocarbonyl (C=S) groups is 2. The minimum atomic E-state index is -1.13. The topological polar surface area (TPSA) is 243 Å². The van der Waals surface area contributed by atoms with Crippen molar-refractivity contribution in [1.82, 2.24) is 22.9 Å². The van der Waals surface area contributed by atoms with Crippen molar-refractivity contribution >= 4 is 80.5 Å². The first kappa shape index (κ1) is 38.5. The lowest BCUT2D eigenvalue weighted by Crippen LogP contribution is -2.38. The number of carboxylic acid groups (broad SMARTS) is 4. The standard InChI is InChI=1S/2C9H12NO4S2.2H3N/c2*1-3-5(7(11)12)10-9(15)16-6(4-2)8(13)14;;/h2*3-6,16H,1-2H2,(H,10,15)(H,11,12)(H,13,14);2*1H3. The SMILES string of the molecule is C=CC(NC(=S)[SH]C(C=C)C(=O)O)C(=O)O.C=CC(NC(=S)[SH]C(C=C)C(=O)O)C(=O)O.N.N. The maximum absolute atomic E-state index is 10.7. The van der Waals surface area contributed by atoms with Crippen molar-refractivity contribution in [2.45, 2.75) is 22.6 Å². The Kier molecular flexibility index (Phi) is 23.6. The van der Waals surface area contributed by atoms with Crippen molar-refractivity contribution in [3.63, 3.8) is 0 Å². The molecule has 0 aliphatic carbocycles. The Bertz CT molecular complexity index is 670. The highest BCUT2D eigenvalue weighted by atomic mass is 32.2. The number of aliphatic carboxylic acids is 4. The molecule has 0 aliphatic rings. The number of rotatable bonds is 12. The molecular formula is C18H30N4O8S4. The summed E-state index contributed by atoms with van der Waals surface area (Å²) >= 11 is 10.2. The summed E-state index contributed by atoms with van der Waals surface area (Å²) < 4.78 is 0.249. The first-order valence-electron chi connectivity index (χ1n) is 8.28. The average Bonchev–Trinajstić information content (AvgIpc) is 2.71. The Balaban J connectivity index is -0.000000250. The summed E-state index contributed by atoms with van der Waals surface area (Å²) in [6.07, 6.45) is 4.82. The molecule has 0 bridgehead atoms. The Morgan fingerprint density at radius 2 is 0.882 bits per heavy atom. The molecular weight excluding hydrogens is 528 g/mol. The van der Waals surface area contributed by atoms with Gasteiger partial charge in [-0.3, -0.25) is 9.59 Å². The molecule has 0 aliphatic heterocycles. The molecule has 4 unspecified atom stereocenters. The molecule has 0 saturated heterocycles. The molecule has 2 radical (unpaired) electrons. The molecule has 0 aromatic heterocycles. The summed E-state index contributed by atoms with van der Waals surface area (Å²) in [4.78, 5) is 42.6. The molecule has 0 saturated carbocycles. The first-order chi connectivity index (χ1) is 14.8. The summed E-state index contributed by atoms with van der Waals surface area (Å²) in [7, 11) is 0. The predicted molar refractivity (Wildman–Crippen MR) is 146 cm³/mol. The van der Waals surface area contributed by atoms with E-state index in [9.17, 15) is 19.2 Å². The van der Waals surface area contributed by atoms with Gasteiger partial charge in [0, 0.05) is 0 Å². The molecule has 0 amide bonds. The summed E-state index contributed by atoms with van der Waals surface area (Å²) in [6, 6.07) is -2.03. The Morgan fingerprint density at radius 3 is 1.03 bits per heavy atom. The highest BCUT2D eigenvalue weighted by Crippen LogP contribution is 2.14. The fourth-order valence-corrected chi connectivity index (χ4v) is 3.75. The number of nitrogens with one attached hydrogen (secondary N) is 2. The molecule has 0 aromatic rings. The van der Waals surface area contributed by atoms with Crippen molar-refractivity contribution in [2.24, 2.45) is 0 Å². The maximum atomic E-state index is 10.7. The predicted octanol–water partition coefficient (Wildman–Crippen LogP) is 1.53. The van der Waals surface area contributed by atoms with Crippen molar-refractivity contribution < 1.29 is 39.6 Å². The van der Waals surface area contributed by atoms with Gasteiger partial charge in [0.05, 0.1) is 0 Å². The van der Waals surface area contributed by atoms with Gasteiger partial charge in [-0.15, -0.1) is 49.8 Å². The van der Waals surface area contributed by atoms with Gasteiger partial charge < -0.3 is 43.4 Å². The third-order valence-corrected chi connectivity index (χ3v) is 6.04. The van der Waals surface area contributed by atoms with Crippen LogP contribution in [0.1, 0.15) is 0 Å². The van der Waals surface area contributed by atoms with E-state index in [-0.39, 0.29) is 44.5 Å². The number of hydrogen-bond donors (Lipinski definition) is 10. The van der Waals surface area contributed by atoms with Crippen LogP contribution in [-0.4, -0.2) is 75.5 Å². The highest BCUT2D eigenvalue weighted by molar-refractivity contribution is 8.24. The van der Waals surface area contributed by atoms with Crippen molar-refractivity contribution in [3.05, 3.63) is 50.6 Å². The minimum absolute atomic E-state index is 0. The van der Waals surface area contributed by atoms with E-state index in [0.29, 0.717) is 0 Å². The van der Waals surface area contributed by atoms with Gasteiger partial charge in [0.15, 0.2) is 0 Å². The zero-order valence-electron chi connectivity index (χ0n) is 18.0. The maximum Gasteiger partial charge on any atom is 0.330 e. The number of carboxylic acids is 4. The fraction of sp³-hybridized carbons (Fsp3) is 0.222.